The zero-order chi connectivity index (χ0) is 21.9. The molecule has 0 spiro atoms. The number of carbonyl (C=O) groups excluding carboxylic acids is 2. The van der Waals surface area contributed by atoms with Crippen LogP contribution in [0.15, 0.2) is 59.5 Å². The van der Waals surface area contributed by atoms with Gasteiger partial charge in [0, 0.05) is 6.42 Å². The lowest BCUT2D eigenvalue weighted by Gasteiger charge is -2.10. The Morgan fingerprint density at radius 2 is 1.66 bits per heavy atom. The smallest absolute Gasteiger partial charge is 0.323 e. The first-order chi connectivity index (χ1) is 13.6. The van der Waals surface area contributed by atoms with Crippen molar-refractivity contribution in [3.63, 3.8) is 0 Å². The van der Waals surface area contributed by atoms with Crippen molar-refractivity contribution in [1.82, 2.24) is 0 Å². The van der Waals surface area contributed by atoms with Crippen LogP contribution in [0.2, 0.25) is 0 Å². The first-order valence-electron chi connectivity index (χ1n) is 8.70. The molecule has 3 N–H and O–H groups in total. The third kappa shape index (κ3) is 9.84. The van der Waals surface area contributed by atoms with Gasteiger partial charge in [-0.1, -0.05) is 48.0 Å². The Labute approximate surface area is 170 Å². The third-order valence-corrected chi connectivity index (χ3v) is 4.60. The van der Waals surface area contributed by atoms with E-state index < -0.39 is 22.1 Å². The molecule has 1 unspecified atom stereocenters. The van der Waals surface area contributed by atoms with Crippen molar-refractivity contribution < 1.29 is 32.0 Å². The number of carbonyl (C=O) groups is 2. The van der Waals surface area contributed by atoms with Crippen LogP contribution >= 0.6 is 0 Å². The zero-order valence-corrected chi connectivity index (χ0v) is 17.1. The van der Waals surface area contributed by atoms with Gasteiger partial charge in [0.25, 0.3) is 10.1 Å². The summed E-state index contributed by atoms with van der Waals surface area (Å²) in [7, 11) is -2.73. The van der Waals surface area contributed by atoms with Crippen molar-refractivity contribution in [3.8, 4) is 0 Å². The van der Waals surface area contributed by atoms with Crippen molar-refractivity contribution in [2.24, 2.45) is 5.73 Å². The second-order valence-corrected chi connectivity index (χ2v) is 7.52. The number of aryl methyl sites for hydroxylation is 1. The average molecular weight is 423 g/mol. The standard InChI is InChI=1S/C13H17NO4.C7H8O3S/c1-17-12(15)8-7-11(14)13(16)18-9-10-5-3-2-4-6-10;1-6-2-4-7(5-3-6)11(8,9)10/h2-6,11H,7-9,14H2,1H3;2-5H,1H3,(H,8,9,10). The number of methoxy groups -OCH3 is 1. The van der Waals surface area contributed by atoms with E-state index in [-0.39, 0.29) is 30.3 Å². The molecule has 0 bridgehead atoms. The highest BCUT2D eigenvalue weighted by Gasteiger charge is 2.16. The highest BCUT2D eigenvalue weighted by molar-refractivity contribution is 7.85. The summed E-state index contributed by atoms with van der Waals surface area (Å²) in [5.74, 6) is -0.899. The minimum absolute atomic E-state index is 0.0666. The number of esters is 2. The van der Waals surface area contributed by atoms with Gasteiger partial charge in [0.2, 0.25) is 0 Å². The molecule has 0 aliphatic carbocycles. The number of ether oxygens (including phenoxy) is 2. The van der Waals surface area contributed by atoms with Crippen molar-refractivity contribution >= 4 is 22.1 Å². The molecular formula is C20H25NO7S. The topological polar surface area (TPSA) is 133 Å². The van der Waals surface area contributed by atoms with E-state index in [9.17, 15) is 18.0 Å². The summed E-state index contributed by atoms with van der Waals surface area (Å²) in [6.45, 7) is 2.03. The molecule has 29 heavy (non-hydrogen) atoms. The number of nitrogens with two attached hydrogens (primary N) is 1. The normalized spacial score (nSPS) is 11.6. The molecule has 8 nitrogen and oxygen atoms in total. The molecule has 2 rings (SSSR count). The number of rotatable bonds is 7. The molecule has 0 saturated carbocycles. The van der Waals surface area contributed by atoms with E-state index in [1.54, 1.807) is 12.1 Å². The van der Waals surface area contributed by atoms with E-state index in [1.807, 2.05) is 37.3 Å². The SMILES string of the molecule is COC(=O)CCC(N)C(=O)OCc1ccccc1.Cc1ccc(S(=O)(=O)O)cc1. The van der Waals surface area contributed by atoms with E-state index in [1.165, 1.54) is 19.2 Å². The number of hydrogen-bond acceptors (Lipinski definition) is 7. The highest BCUT2D eigenvalue weighted by atomic mass is 32.2. The maximum absolute atomic E-state index is 11.5. The Bertz CT molecular complexity index is 881. The molecule has 0 aliphatic heterocycles. The van der Waals surface area contributed by atoms with Gasteiger partial charge in [-0.2, -0.15) is 8.42 Å². The lowest BCUT2D eigenvalue weighted by molar-refractivity contribution is -0.147. The van der Waals surface area contributed by atoms with Gasteiger partial charge in [0.05, 0.1) is 12.0 Å². The third-order valence-electron chi connectivity index (χ3n) is 3.73. The summed E-state index contributed by atoms with van der Waals surface area (Å²) >= 11 is 0. The molecule has 0 aromatic heterocycles. The highest BCUT2D eigenvalue weighted by Crippen LogP contribution is 2.08. The Kier molecular flexibility index (Phi) is 10.0. The quantitative estimate of drug-likeness (QED) is 0.512. The van der Waals surface area contributed by atoms with E-state index in [4.69, 9.17) is 15.0 Å². The summed E-state index contributed by atoms with van der Waals surface area (Å²) in [4.78, 5) is 22.3. The van der Waals surface area contributed by atoms with Crippen molar-refractivity contribution in [2.75, 3.05) is 7.11 Å². The summed E-state index contributed by atoms with van der Waals surface area (Å²) in [5.41, 5.74) is 7.45. The fourth-order valence-electron chi connectivity index (χ4n) is 2.04. The van der Waals surface area contributed by atoms with Crippen LogP contribution in [-0.4, -0.2) is 38.1 Å². The first kappa shape index (κ1) is 24.3. The minimum Gasteiger partial charge on any atom is -0.469 e. The summed E-state index contributed by atoms with van der Waals surface area (Å²) in [6, 6.07) is 14.5. The van der Waals surface area contributed by atoms with E-state index in [0.717, 1.165) is 11.1 Å². The molecule has 9 heteroatoms. The molecule has 2 aromatic carbocycles. The van der Waals surface area contributed by atoms with Crippen molar-refractivity contribution in [2.45, 2.75) is 37.3 Å². The molecule has 1 atom stereocenters. The van der Waals surface area contributed by atoms with Crippen LogP contribution in [-0.2, 0) is 35.8 Å². The van der Waals surface area contributed by atoms with Gasteiger partial charge >= 0.3 is 11.9 Å². The van der Waals surface area contributed by atoms with Crippen LogP contribution in [0.5, 0.6) is 0 Å². The monoisotopic (exact) mass is 423 g/mol. The van der Waals surface area contributed by atoms with Crippen LogP contribution in [0.3, 0.4) is 0 Å². The minimum atomic E-state index is -4.02. The summed E-state index contributed by atoms with van der Waals surface area (Å²) in [6.07, 6.45) is 0.332. The van der Waals surface area contributed by atoms with Gasteiger partial charge in [-0.3, -0.25) is 14.1 Å². The maximum atomic E-state index is 11.5. The van der Waals surface area contributed by atoms with Gasteiger partial charge in [0.1, 0.15) is 12.6 Å². The summed E-state index contributed by atoms with van der Waals surface area (Å²) in [5, 5.41) is 0. The molecule has 0 saturated heterocycles. The Hall–Kier alpha value is -2.75. The van der Waals surface area contributed by atoms with Crippen LogP contribution in [0, 0.1) is 6.92 Å². The number of benzene rings is 2. The maximum Gasteiger partial charge on any atom is 0.323 e. The van der Waals surface area contributed by atoms with Gasteiger partial charge < -0.3 is 15.2 Å². The zero-order valence-electron chi connectivity index (χ0n) is 16.3. The van der Waals surface area contributed by atoms with Crippen molar-refractivity contribution in [1.29, 1.82) is 0 Å². The molecule has 158 valence electrons. The second-order valence-electron chi connectivity index (χ2n) is 6.10. The molecule has 2 aromatic rings. The van der Waals surface area contributed by atoms with Crippen LogP contribution in [0.25, 0.3) is 0 Å². The summed E-state index contributed by atoms with van der Waals surface area (Å²) < 4.78 is 39.1. The van der Waals surface area contributed by atoms with Gasteiger partial charge in [0.15, 0.2) is 0 Å². The Morgan fingerprint density at radius 3 is 2.17 bits per heavy atom. The fourth-order valence-corrected chi connectivity index (χ4v) is 2.52. The predicted octanol–water partition coefficient (Wildman–Crippen LogP) is 2.25. The lowest BCUT2D eigenvalue weighted by Crippen LogP contribution is -2.32. The lowest BCUT2D eigenvalue weighted by atomic mass is 10.2. The molecule has 0 radical (unpaired) electrons. The van der Waals surface area contributed by atoms with E-state index in [2.05, 4.69) is 4.74 Å². The average Bonchev–Trinajstić information content (AvgIpc) is 2.70. The van der Waals surface area contributed by atoms with E-state index >= 15 is 0 Å². The van der Waals surface area contributed by atoms with E-state index in [0.29, 0.717) is 0 Å². The Balaban J connectivity index is 0.000000326. The Morgan fingerprint density at radius 1 is 1.07 bits per heavy atom. The first-order valence-corrected chi connectivity index (χ1v) is 10.1. The molecule has 0 heterocycles. The van der Waals surface area contributed by atoms with Crippen LogP contribution in [0.4, 0.5) is 0 Å². The van der Waals surface area contributed by atoms with Gasteiger partial charge in [-0.05, 0) is 31.0 Å². The second kappa shape index (κ2) is 11.9. The van der Waals surface area contributed by atoms with Crippen LogP contribution in [0.1, 0.15) is 24.0 Å². The molecule has 0 aliphatic rings. The van der Waals surface area contributed by atoms with Gasteiger partial charge in [-0.15, -0.1) is 0 Å². The predicted molar refractivity (Wildman–Crippen MR) is 106 cm³/mol. The van der Waals surface area contributed by atoms with Gasteiger partial charge in [-0.25, -0.2) is 0 Å². The van der Waals surface area contributed by atoms with Crippen LogP contribution < -0.4 is 5.73 Å². The number of hydrogen-bond donors (Lipinski definition) is 2. The molecule has 0 fully saturated rings. The fraction of sp³-hybridized carbons (Fsp3) is 0.300. The molecule has 0 amide bonds. The largest absolute Gasteiger partial charge is 0.469 e. The van der Waals surface area contributed by atoms with Crippen molar-refractivity contribution in [3.05, 3.63) is 65.7 Å². The molecular weight excluding hydrogens is 398 g/mol.